The van der Waals surface area contributed by atoms with Gasteiger partial charge in [-0.25, -0.2) is 23.1 Å². The van der Waals surface area contributed by atoms with Gasteiger partial charge in [-0.2, -0.15) is 0 Å². The van der Waals surface area contributed by atoms with Crippen LogP contribution < -0.4 is 14.8 Å². The van der Waals surface area contributed by atoms with E-state index in [0.717, 1.165) is 17.0 Å². The summed E-state index contributed by atoms with van der Waals surface area (Å²) in [5, 5.41) is 3.12. The summed E-state index contributed by atoms with van der Waals surface area (Å²) in [7, 11) is -0.323. The molecular formula is C19H20N4O3S. The Bertz CT molecular complexity index is 1040. The highest BCUT2D eigenvalue weighted by molar-refractivity contribution is 7.88. The van der Waals surface area contributed by atoms with Crippen LogP contribution in [0.15, 0.2) is 60.8 Å². The van der Waals surface area contributed by atoms with Crippen molar-refractivity contribution in [2.45, 2.75) is 5.75 Å². The van der Waals surface area contributed by atoms with E-state index < -0.39 is 10.0 Å². The Hall–Kier alpha value is -2.97. The molecule has 8 heteroatoms. The lowest BCUT2D eigenvalue weighted by molar-refractivity contribution is 0.416. The fourth-order valence-corrected chi connectivity index (χ4v) is 3.35. The summed E-state index contributed by atoms with van der Waals surface area (Å²) < 4.78 is 31.2. The van der Waals surface area contributed by atoms with Crippen molar-refractivity contribution >= 4 is 21.7 Å². The van der Waals surface area contributed by atoms with Crippen LogP contribution in [0.5, 0.6) is 5.75 Å². The van der Waals surface area contributed by atoms with Crippen molar-refractivity contribution in [2.75, 3.05) is 19.5 Å². The maximum absolute atomic E-state index is 11.7. The third kappa shape index (κ3) is 4.81. The summed E-state index contributed by atoms with van der Waals surface area (Å²) in [4.78, 5) is 8.78. The normalized spacial score (nSPS) is 11.2. The topological polar surface area (TPSA) is 93.2 Å². The molecule has 0 aliphatic heterocycles. The Labute approximate surface area is 158 Å². The molecule has 0 radical (unpaired) electrons. The molecule has 1 heterocycles. The number of hydrogen-bond donors (Lipinski definition) is 2. The summed E-state index contributed by atoms with van der Waals surface area (Å²) in [5.41, 5.74) is 2.95. The van der Waals surface area contributed by atoms with Gasteiger partial charge < -0.3 is 10.1 Å². The molecule has 0 unspecified atom stereocenters. The van der Waals surface area contributed by atoms with Crippen LogP contribution >= 0.6 is 0 Å². The van der Waals surface area contributed by atoms with E-state index in [1.165, 1.54) is 7.05 Å². The quantitative estimate of drug-likeness (QED) is 0.651. The van der Waals surface area contributed by atoms with Gasteiger partial charge in [-0.3, -0.25) is 0 Å². The zero-order chi connectivity index (χ0) is 19.3. The molecule has 3 aromatic rings. The first-order valence-electron chi connectivity index (χ1n) is 8.24. The van der Waals surface area contributed by atoms with Crippen molar-refractivity contribution in [2.24, 2.45) is 0 Å². The average molecular weight is 384 g/mol. The Kier molecular flexibility index (Phi) is 5.68. The van der Waals surface area contributed by atoms with Gasteiger partial charge in [0.2, 0.25) is 16.0 Å². The Balaban J connectivity index is 1.85. The summed E-state index contributed by atoms with van der Waals surface area (Å²) in [5.74, 6) is 1.04. The maximum atomic E-state index is 11.7. The molecule has 0 saturated carbocycles. The summed E-state index contributed by atoms with van der Waals surface area (Å²) in [6.45, 7) is 0. The second kappa shape index (κ2) is 8.15. The number of aromatic nitrogens is 2. The largest absolute Gasteiger partial charge is 0.496 e. The highest BCUT2D eigenvalue weighted by Crippen LogP contribution is 2.28. The minimum absolute atomic E-state index is 0.0961. The van der Waals surface area contributed by atoms with Crippen molar-refractivity contribution in [3.63, 3.8) is 0 Å². The van der Waals surface area contributed by atoms with Gasteiger partial charge in [-0.1, -0.05) is 24.3 Å². The Morgan fingerprint density at radius 3 is 2.67 bits per heavy atom. The van der Waals surface area contributed by atoms with Crippen molar-refractivity contribution in [3.05, 3.63) is 66.4 Å². The van der Waals surface area contributed by atoms with Crippen molar-refractivity contribution in [1.29, 1.82) is 0 Å². The van der Waals surface area contributed by atoms with E-state index in [-0.39, 0.29) is 5.75 Å². The van der Waals surface area contributed by atoms with Crippen LogP contribution in [-0.4, -0.2) is 32.5 Å². The van der Waals surface area contributed by atoms with Crippen LogP contribution in [0.25, 0.3) is 11.3 Å². The molecule has 27 heavy (non-hydrogen) atoms. The molecule has 0 aliphatic rings. The van der Waals surface area contributed by atoms with E-state index in [2.05, 4.69) is 20.0 Å². The van der Waals surface area contributed by atoms with E-state index in [9.17, 15) is 8.42 Å². The highest BCUT2D eigenvalue weighted by atomic mass is 32.2. The summed E-state index contributed by atoms with van der Waals surface area (Å²) >= 11 is 0. The van der Waals surface area contributed by atoms with Crippen LogP contribution in [-0.2, 0) is 15.8 Å². The first-order valence-corrected chi connectivity index (χ1v) is 9.89. The standard InChI is InChI=1S/C19H20N4O3S/c1-20-27(24,25)13-14-6-5-7-15(12-14)22-19-21-11-10-17(23-19)16-8-3-4-9-18(16)26-2/h3-12,20H,13H2,1-2H3,(H,21,22,23). The number of benzene rings is 2. The third-order valence-corrected chi connectivity index (χ3v) is 5.22. The van der Waals surface area contributed by atoms with E-state index in [0.29, 0.717) is 17.2 Å². The number of hydrogen-bond acceptors (Lipinski definition) is 6. The first kappa shape index (κ1) is 18.8. The van der Waals surface area contributed by atoms with Crippen molar-refractivity contribution in [3.8, 4) is 17.0 Å². The minimum Gasteiger partial charge on any atom is -0.496 e. The minimum atomic E-state index is -3.34. The highest BCUT2D eigenvalue weighted by Gasteiger charge is 2.10. The molecule has 0 spiro atoms. The van der Waals surface area contributed by atoms with Crippen LogP contribution in [0.1, 0.15) is 5.56 Å². The SMILES string of the molecule is CNS(=O)(=O)Cc1cccc(Nc2nccc(-c3ccccc3OC)n2)c1. The molecule has 0 aliphatic carbocycles. The zero-order valence-electron chi connectivity index (χ0n) is 15.0. The average Bonchev–Trinajstić information content (AvgIpc) is 2.68. The fraction of sp³-hybridized carbons (Fsp3) is 0.158. The molecule has 1 aromatic heterocycles. The van der Waals surface area contributed by atoms with Gasteiger partial charge in [0.25, 0.3) is 0 Å². The molecular weight excluding hydrogens is 364 g/mol. The number of methoxy groups -OCH3 is 1. The predicted octanol–water partition coefficient (Wildman–Crippen LogP) is 2.95. The summed E-state index contributed by atoms with van der Waals surface area (Å²) in [6.07, 6.45) is 1.66. The number of sulfonamides is 1. The molecule has 0 amide bonds. The van der Waals surface area contributed by atoms with E-state index in [1.54, 1.807) is 37.6 Å². The first-order chi connectivity index (χ1) is 13.0. The number of nitrogens with one attached hydrogen (secondary N) is 2. The maximum Gasteiger partial charge on any atom is 0.227 e. The van der Waals surface area contributed by atoms with Gasteiger partial charge in [0.15, 0.2) is 0 Å². The van der Waals surface area contributed by atoms with Crippen molar-refractivity contribution < 1.29 is 13.2 Å². The lowest BCUT2D eigenvalue weighted by Crippen LogP contribution is -2.20. The lowest BCUT2D eigenvalue weighted by atomic mass is 10.1. The van der Waals surface area contributed by atoms with Crippen LogP contribution in [0, 0.1) is 0 Å². The second-order valence-corrected chi connectivity index (χ2v) is 7.68. The van der Waals surface area contributed by atoms with Crippen LogP contribution in [0.2, 0.25) is 0 Å². The molecule has 0 atom stereocenters. The molecule has 7 nitrogen and oxygen atoms in total. The molecule has 2 aromatic carbocycles. The van der Waals surface area contributed by atoms with E-state index >= 15 is 0 Å². The smallest absolute Gasteiger partial charge is 0.227 e. The van der Waals surface area contributed by atoms with Gasteiger partial charge in [-0.05, 0) is 42.9 Å². The van der Waals surface area contributed by atoms with E-state index in [1.807, 2.05) is 30.3 Å². The Morgan fingerprint density at radius 1 is 1.07 bits per heavy atom. The van der Waals surface area contributed by atoms with Crippen LogP contribution in [0.3, 0.4) is 0 Å². The number of anilines is 2. The number of rotatable bonds is 7. The number of para-hydroxylation sites is 1. The van der Waals surface area contributed by atoms with E-state index in [4.69, 9.17) is 4.74 Å². The third-order valence-electron chi connectivity index (χ3n) is 3.89. The lowest BCUT2D eigenvalue weighted by Gasteiger charge is -2.10. The van der Waals surface area contributed by atoms with Gasteiger partial charge in [0.05, 0.1) is 18.6 Å². The molecule has 0 bridgehead atoms. The molecule has 3 rings (SSSR count). The fourth-order valence-electron chi connectivity index (χ4n) is 2.58. The second-order valence-electron chi connectivity index (χ2n) is 5.75. The van der Waals surface area contributed by atoms with Gasteiger partial charge in [0, 0.05) is 17.4 Å². The Morgan fingerprint density at radius 2 is 1.89 bits per heavy atom. The van der Waals surface area contributed by atoms with Gasteiger partial charge in [-0.15, -0.1) is 0 Å². The molecule has 140 valence electrons. The summed E-state index contributed by atoms with van der Waals surface area (Å²) in [6, 6.07) is 16.5. The van der Waals surface area contributed by atoms with Crippen molar-refractivity contribution in [1.82, 2.24) is 14.7 Å². The molecule has 0 saturated heterocycles. The number of ether oxygens (including phenoxy) is 1. The predicted molar refractivity (Wildman–Crippen MR) is 105 cm³/mol. The molecule has 0 fully saturated rings. The number of nitrogens with zero attached hydrogens (tertiary/aromatic N) is 2. The van der Waals surface area contributed by atoms with Gasteiger partial charge in [0.1, 0.15) is 5.75 Å². The molecule has 2 N–H and O–H groups in total. The van der Waals surface area contributed by atoms with Crippen LogP contribution in [0.4, 0.5) is 11.6 Å². The van der Waals surface area contributed by atoms with Gasteiger partial charge >= 0.3 is 0 Å². The zero-order valence-corrected chi connectivity index (χ0v) is 15.8. The monoisotopic (exact) mass is 384 g/mol.